The van der Waals surface area contributed by atoms with Crippen molar-refractivity contribution < 1.29 is 25.2 Å². The van der Waals surface area contributed by atoms with E-state index < -0.39 is 30.7 Å². The van der Waals surface area contributed by atoms with Crippen LogP contribution in [-0.2, 0) is 4.79 Å². The molecule has 0 aliphatic rings. The Morgan fingerprint density at radius 2 is 1.83 bits per heavy atom. The number of carbonyl (C=O) groups is 1. The van der Waals surface area contributed by atoms with E-state index in [-0.39, 0.29) is 5.75 Å². The van der Waals surface area contributed by atoms with Crippen LogP contribution < -0.4 is 0 Å². The van der Waals surface area contributed by atoms with Crippen LogP contribution in [0.1, 0.15) is 0 Å². The summed E-state index contributed by atoms with van der Waals surface area (Å²) in [5, 5.41) is 35.1. The fourth-order valence-electron chi connectivity index (χ4n) is 0.602. The molecule has 0 spiro atoms. The summed E-state index contributed by atoms with van der Waals surface area (Å²) in [4.78, 5) is 10.6. The third-order valence-corrected chi connectivity index (χ3v) is 1.76. The van der Waals surface area contributed by atoms with Gasteiger partial charge in [-0.25, -0.2) is 0 Å². The van der Waals surface area contributed by atoms with Gasteiger partial charge in [-0.15, -0.1) is 0 Å². The van der Waals surface area contributed by atoms with Crippen molar-refractivity contribution in [3.8, 4) is 0 Å². The van der Waals surface area contributed by atoms with Gasteiger partial charge < -0.3 is 20.4 Å². The lowest BCUT2D eigenvalue weighted by atomic mass is 10.1. The third-order valence-electron chi connectivity index (χ3n) is 1.39. The number of Topliss-reactive ketones (excluding diaryl/α,β-unsaturated/α-hetero) is 1. The molecule has 72 valence electrons. The van der Waals surface area contributed by atoms with Crippen LogP contribution >= 0.6 is 12.6 Å². The highest BCUT2D eigenvalue weighted by molar-refractivity contribution is 7.80. The highest BCUT2D eigenvalue weighted by atomic mass is 32.1. The molecule has 0 heterocycles. The van der Waals surface area contributed by atoms with Gasteiger partial charge in [-0.3, -0.25) is 4.79 Å². The van der Waals surface area contributed by atoms with Crippen molar-refractivity contribution >= 4 is 18.4 Å². The molecule has 0 aromatic rings. The van der Waals surface area contributed by atoms with Gasteiger partial charge in [-0.05, 0) is 0 Å². The van der Waals surface area contributed by atoms with Crippen molar-refractivity contribution in [3.63, 3.8) is 0 Å². The average Bonchev–Trinajstić information content (AvgIpc) is 2.12. The highest BCUT2D eigenvalue weighted by Crippen LogP contribution is 2.02. The molecule has 6 heteroatoms. The molecule has 0 aliphatic carbocycles. The summed E-state index contributed by atoms with van der Waals surface area (Å²) in [6.45, 7) is -0.864. The van der Waals surface area contributed by atoms with Crippen LogP contribution in [0.3, 0.4) is 0 Å². The molecule has 0 amide bonds. The Morgan fingerprint density at radius 3 is 2.17 bits per heavy atom. The average molecular weight is 196 g/mol. The molecule has 0 aliphatic heterocycles. The summed E-state index contributed by atoms with van der Waals surface area (Å²) >= 11 is 3.65. The van der Waals surface area contributed by atoms with Crippen LogP contribution in [0.4, 0.5) is 0 Å². The van der Waals surface area contributed by atoms with Crippen LogP contribution in [0.15, 0.2) is 0 Å². The van der Waals surface area contributed by atoms with Crippen molar-refractivity contribution in [3.05, 3.63) is 0 Å². The predicted octanol–water partition coefficient (Wildman–Crippen LogP) is -2.44. The Morgan fingerprint density at radius 1 is 1.33 bits per heavy atom. The number of carbonyl (C=O) groups excluding carboxylic acids is 1. The van der Waals surface area contributed by atoms with Crippen molar-refractivity contribution in [1.82, 2.24) is 0 Å². The minimum Gasteiger partial charge on any atom is -0.389 e. The zero-order valence-electron chi connectivity index (χ0n) is 6.29. The molecule has 0 radical (unpaired) electrons. The fourth-order valence-corrected chi connectivity index (χ4v) is 0.818. The summed E-state index contributed by atoms with van der Waals surface area (Å²) < 4.78 is 0. The second-order valence-electron chi connectivity index (χ2n) is 2.31. The fraction of sp³-hybridized carbons (Fsp3) is 0.833. The van der Waals surface area contributed by atoms with Crippen molar-refractivity contribution in [2.45, 2.75) is 18.3 Å². The summed E-state index contributed by atoms with van der Waals surface area (Å²) in [5.41, 5.74) is 0. The zero-order valence-corrected chi connectivity index (χ0v) is 7.19. The monoisotopic (exact) mass is 196 g/mol. The van der Waals surface area contributed by atoms with Crippen LogP contribution in [0.2, 0.25) is 0 Å². The van der Waals surface area contributed by atoms with Crippen molar-refractivity contribution in [2.24, 2.45) is 0 Å². The number of hydrogen-bond donors (Lipinski definition) is 5. The number of aliphatic hydroxyl groups is 4. The topological polar surface area (TPSA) is 98.0 Å². The largest absolute Gasteiger partial charge is 0.389 e. The molecule has 4 N–H and O–H groups in total. The summed E-state index contributed by atoms with van der Waals surface area (Å²) in [6.07, 6.45) is -4.63. The van der Waals surface area contributed by atoms with E-state index in [9.17, 15) is 4.79 Å². The molecule has 0 saturated heterocycles. The Labute approximate surface area is 75.1 Å². The Balaban J connectivity index is 4.08. The molecule has 12 heavy (non-hydrogen) atoms. The maximum absolute atomic E-state index is 10.6. The molecule has 3 atom stereocenters. The van der Waals surface area contributed by atoms with Gasteiger partial charge in [0.25, 0.3) is 0 Å². The normalized spacial score (nSPS) is 18.4. The smallest absolute Gasteiger partial charge is 0.189 e. The standard InChI is InChI=1S/C6H12O5S/c7-1-3(8)5(10)6(11)4(9)2-12/h4-7,9-12H,1-2H2/t4-,5-,6-/m1/s1. The van der Waals surface area contributed by atoms with Gasteiger partial charge in [0.15, 0.2) is 5.78 Å². The number of ketones is 1. The Hall–Kier alpha value is -0.140. The Kier molecular flexibility index (Phi) is 5.43. The number of aliphatic hydroxyl groups excluding tert-OH is 4. The first-order valence-electron chi connectivity index (χ1n) is 3.33. The van der Waals surface area contributed by atoms with Crippen LogP contribution in [-0.4, -0.2) is 56.9 Å². The van der Waals surface area contributed by atoms with Gasteiger partial charge in [-0.2, -0.15) is 12.6 Å². The summed E-state index contributed by atoms with van der Waals surface area (Å²) in [7, 11) is 0. The number of thiol groups is 1. The van der Waals surface area contributed by atoms with E-state index >= 15 is 0 Å². The minimum absolute atomic E-state index is 0.0725. The van der Waals surface area contributed by atoms with Crippen LogP contribution in [0.25, 0.3) is 0 Å². The van der Waals surface area contributed by atoms with Crippen LogP contribution in [0, 0.1) is 0 Å². The maximum atomic E-state index is 10.6. The van der Waals surface area contributed by atoms with E-state index in [0.29, 0.717) is 0 Å². The van der Waals surface area contributed by atoms with E-state index in [1.165, 1.54) is 0 Å². The van der Waals surface area contributed by atoms with E-state index in [1.54, 1.807) is 0 Å². The third kappa shape index (κ3) is 3.08. The van der Waals surface area contributed by atoms with Gasteiger partial charge in [-0.1, -0.05) is 0 Å². The second-order valence-corrected chi connectivity index (χ2v) is 2.67. The van der Waals surface area contributed by atoms with E-state index in [2.05, 4.69) is 12.6 Å². The molecule has 0 unspecified atom stereocenters. The van der Waals surface area contributed by atoms with Gasteiger partial charge in [0.1, 0.15) is 18.8 Å². The molecule has 0 saturated carbocycles. The SMILES string of the molecule is O=C(CO)[C@@H](O)[C@H](O)[C@H](O)CS. The minimum atomic E-state index is -1.75. The molecular formula is C6H12O5S. The first-order valence-corrected chi connectivity index (χ1v) is 3.96. The predicted molar refractivity (Wildman–Crippen MR) is 44.0 cm³/mol. The van der Waals surface area contributed by atoms with E-state index in [4.69, 9.17) is 20.4 Å². The maximum Gasteiger partial charge on any atom is 0.189 e. The first kappa shape index (κ1) is 11.9. The molecule has 0 rings (SSSR count). The molecule has 0 aromatic carbocycles. The van der Waals surface area contributed by atoms with Gasteiger partial charge >= 0.3 is 0 Å². The highest BCUT2D eigenvalue weighted by Gasteiger charge is 2.28. The lowest BCUT2D eigenvalue weighted by Gasteiger charge is -2.19. The van der Waals surface area contributed by atoms with Gasteiger partial charge in [0.2, 0.25) is 0 Å². The van der Waals surface area contributed by atoms with Gasteiger partial charge in [0.05, 0.1) is 6.10 Å². The number of rotatable bonds is 5. The lowest BCUT2D eigenvalue weighted by Crippen LogP contribution is -2.44. The first-order chi connectivity index (χ1) is 5.54. The Bertz CT molecular complexity index is 151. The molecule has 0 bridgehead atoms. The van der Waals surface area contributed by atoms with Crippen molar-refractivity contribution in [2.75, 3.05) is 12.4 Å². The zero-order chi connectivity index (χ0) is 9.72. The molecule has 0 aromatic heterocycles. The van der Waals surface area contributed by atoms with Crippen LogP contribution in [0.5, 0.6) is 0 Å². The summed E-state index contributed by atoms with van der Waals surface area (Å²) in [6, 6.07) is 0. The lowest BCUT2D eigenvalue weighted by molar-refractivity contribution is -0.140. The van der Waals surface area contributed by atoms with E-state index in [1.807, 2.05) is 0 Å². The molecule has 5 nitrogen and oxygen atoms in total. The molecule has 0 fully saturated rings. The van der Waals surface area contributed by atoms with Crippen molar-refractivity contribution in [1.29, 1.82) is 0 Å². The summed E-state index contributed by atoms with van der Waals surface area (Å²) in [5.74, 6) is -1.000. The molecular weight excluding hydrogens is 184 g/mol. The number of hydrogen-bond acceptors (Lipinski definition) is 6. The second kappa shape index (κ2) is 5.50. The quantitative estimate of drug-likeness (QED) is 0.315. The van der Waals surface area contributed by atoms with Gasteiger partial charge in [0, 0.05) is 5.75 Å². The van der Waals surface area contributed by atoms with E-state index in [0.717, 1.165) is 0 Å².